The molecule has 0 rings (SSSR count). The fourth-order valence-electron chi connectivity index (χ4n) is 0.182. The Kier molecular flexibility index (Phi) is 2.99. The number of hydrogen-bond donors (Lipinski definition) is 1. The van der Waals surface area contributed by atoms with Crippen molar-refractivity contribution in [3.05, 3.63) is 12.2 Å². The molecule has 7 heavy (non-hydrogen) atoms. The van der Waals surface area contributed by atoms with Crippen molar-refractivity contribution in [3.63, 3.8) is 0 Å². The summed E-state index contributed by atoms with van der Waals surface area (Å²) in [6.07, 6.45) is 2.17. The van der Waals surface area contributed by atoms with Gasteiger partial charge in [0.1, 0.15) is 0 Å². The summed E-state index contributed by atoms with van der Waals surface area (Å²) >= 11 is 0. The van der Waals surface area contributed by atoms with Gasteiger partial charge < -0.3 is 5.11 Å². The van der Waals surface area contributed by atoms with Crippen molar-refractivity contribution >= 4 is 0 Å². The number of hydrogen-bond acceptors (Lipinski definition) is 2. The van der Waals surface area contributed by atoms with Gasteiger partial charge in [-0.3, -0.25) is 0 Å². The summed E-state index contributed by atoms with van der Waals surface area (Å²) in [5, 5.41) is 16.3. The molecule has 0 saturated carbocycles. The van der Waals surface area contributed by atoms with E-state index in [9.17, 15) is 0 Å². The highest BCUT2D eigenvalue weighted by molar-refractivity contribution is 5.03. The van der Waals surface area contributed by atoms with Crippen LogP contribution in [0.1, 0.15) is 6.92 Å². The first-order valence-corrected chi connectivity index (χ1v) is 2.01. The van der Waals surface area contributed by atoms with E-state index in [1.54, 1.807) is 13.0 Å². The van der Waals surface area contributed by atoms with Crippen molar-refractivity contribution in [2.75, 3.05) is 0 Å². The maximum atomic E-state index is 8.45. The van der Waals surface area contributed by atoms with Crippen LogP contribution in [0.3, 0.4) is 0 Å². The Morgan fingerprint density at radius 3 is 2.57 bits per heavy atom. The van der Waals surface area contributed by atoms with E-state index in [1.807, 2.05) is 0 Å². The van der Waals surface area contributed by atoms with Gasteiger partial charge in [0.15, 0.2) is 0 Å². The van der Waals surface area contributed by atoms with E-state index in [4.69, 9.17) is 10.4 Å². The van der Waals surface area contributed by atoms with Crippen LogP contribution in [0.25, 0.3) is 0 Å². The SMILES string of the molecule is CC(O)C=CC#N. The van der Waals surface area contributed by atoms with Crippen LogP contribution < -0.4 is 0 Å². The molecule has 1 N–H and O–H groups in total. The van der Waals surface area contributed by atoms with Gasteiger partial charge in [0.05, 0.1) is 12.2 Å². The molecule has 0 amide bonds. The van der Waals surface area contributed by atoms with E-state index >= 15 is 0 Å². The minimum absolute atomic E-state index is 0.500. The first-order chi connectivity index (χ1) is 3.27. The summed E-state index contributed by atoms with van der Waals surface area (Å²) < 4.78 is 0. The quantitative estimate of drug-likeness (QED) is 0.483. The van der Waals surface area contributed by atoms with Gasteiger partial charge in [0, 0.05) is 6.08 Å². The normalized spacial score (nSPS) is 13.9. The van der Waals surface area contributed by atoms with Crippen LogP contribution in [-0.4, -0.2) is 11.2 Å². The zero-order valence-electron chi connectivity index (χ0n) is 4.13. The Hall–Kier alpha value is -0.810. The fraction of sp³-hybridized carbons (Fsp3) is 0.400. The first kappa shape index (κ1) is 6.19. The molecule has 0 saturated heterocycles. The van der Waals surface area contributed by atoms with Gasteiger partial charge in [-0.15, -0.1) is 0 Å². The van der Waals surface area contributed by atoms with Gasteiger partial charge in [-0.05, 0) is 13.0 Å². The molecule has 0 aliphatic heterocycles. The van der Waals surface area contributed by atoms with Crippen molar-refractivity contribution in [2.45, 2.75) is 13.0 Å². The van der Waals surface area contributed by atoms with Crippen LogP contribution in [0.15, 0.2) is 12.2 Å². The van der Waals surface area contributed by atoms with Gasteiger partial charge in [0.25, 0.3) is 0 Å². The molecule has 2 heteroatoms. The smallest absolute Gasteiger partial charge is 0.0909 e. The van der Waals surface area contributed by atoms with E-state index < -0.39 is 6.10 Å². The summed E-state index contributed by atoms with van der Waals surface area (Å²) in [6, 6.07) is 1.76. The van der Waals surface area contributed by atoms with E-state index in [2.05, 4.69) is 0 Å². The molecular weight excluding hydrogens is 90.1 g/mol. The van der Waals surface area contributed by atoms with Gasteiger partial charge in [-0.25, -0.2) is 0 Å². The molecule has 0 aromatic heterocycles. The minimum Gasteiger partial charge on any atom is -0.389 e. The van der Waals surface area contributed by atoms with Crippen molar-refractivity contribution in [1.82, 2.24) is 0 Å². The minimum atomic E-state index is -0.500. The van der Waals surface area contributed by atoms with E-state index in [-0.39, 0.29) is 0 Å². The van der Waals surface area contributed by atoms with Crippen LogP contribution in [0, 0.1) is 11.3 Å². The molecule has 0 radical (unpaired) electrons. The average Bonchev–Trinajstić information content (AvgIpc) is 1.61. The Morgan fingerprint density at radius 1 is 1.86 bits per heavy atom. The van der Waals surface area contributed by atoms with Gasteiger partial charge in [0.2, 0.25) is 0 Å². The predicted molar refractivity (Wildman–Crippen MR) is 26.4 cm³/mol. The number of rotatable bonds is 1. The molecule has 0 fully saturated rings. The molecule has 1 atom stereocenters. The maximum absolute atomic E-state index is 8.45. The molecular formula is C5H7NO. The van der Waals surface area contributed by atoms with Gasteiger partial charge in [-0.2, -0.15) is 5.26 Å². The zero-order chi connectivity index (χ0) is 5.70. The van der Waals surface area contributed by atoms with Crippen molar-refractivity contribution in [3.8, 4) is 6.07 Å². The molecule has 0 aromatic carbocycles. The third kappa shape index (κ3) is 5.19. The number of nitrogens with zero attached hydrogens (tertiary/aromatic N) is 1. The molecule has 2 nitrogen and oxygen atoms in total. The molecule has 0 aliphatic carbocycles. The number of aliphatic hydroxyl groups excluding tert-OH is 1. The largest absolute Gasteiger partial charge is 0.389 e. The Labute approximate surface area is 42.7 Å². The van der Waals surface area contributed by atoms with E-state index in [0.717, 1.165) is 0 Å². The first-order valence-electron chi connectivity index (χ1n) is 2.01. The van der Waals surface area contributed by atoms with Crippen LogP contribution in [0.2, 0.25) is 0 Å². The zero-order valence-corrected chi connectivity index (χ0v) is 4.13. The fourth-order valence-corrected chi connectivity index (χ4v) is 0.182. The Bertz CT molecular complexity index is 99.1. The Balaban J connectivity index is 3.31. The molecule has 0 spiro atoms. The molecule has 38 valence electrons. The third-order valence-electron chi connectivity index (χ3n) is 0.449. The lowest BCUT2D eigenvalue weighted by molar-refractivity contribution is 0.244. The van der Waals surface area contributed by atoms with Crippen molar-refractivity contribution in [2.24, 2.45) is 0 Å². The highest BCUT2D eigenvalue weighted by Gasteiger charge is 1.80. The van der Waals surface area contributed by atoms with Gasteiger partial charge in [-0.1, -0.05) is 0 Å². The van der Waals surface area contributed by atoms with Crippen LogP contribution in [0.4, 0.5) is 0 Å². The molecule has 0 bridgehead atoms. The maximum Gasteiger partial charge on any atom is 0.0909 e. The van der Waals surface area contributed by atoms with E-state index in [1.165, 1.54) is 12.2 Å². The summed E-state index contributed by atoms with van der Waals surface area (Å²) in [6.45, 7) is 1.59. The molecule has 0 heterocycles. The summed E-state index contributed by atoms with van der Waals surface area (Å²) in [4.78, 5) is 0. The second-order valence-corrected chi connectivity index (χ2v) is 1.23. The summed E-state index contributed by atoms with van der Waals surface area (Å²) in [5.41, 5.74) is 0. The van der Waals surface area contributed by atoms with Crippen LogP contribution in [-0.2, 0) is 0 Å². The van der Waals surface area contributed by atoms with Crippen molar-refractivity contribution < 1.29 is 5.11 Å². The Morgan fingerprint density at radius 2 is 2.43 bits per heavy atom. The second-order valence-electron chi connectivity index (χ2n) is 1.23. The number of nitriles is 1. The molecule has 1 unspecified atom stereocenters. The van der Waals surface area contributed by atoms with Crippen molar-refractivity contribution in [1.29, 1.82) is 5.26 Å². The number of allylic oxidation sites excluding steroid dienone is 1. The highest BCUT2D eigenvalue weighted by Crippen LogP contribution is 1.78. The van der Waals surface area contributed by atoms with Crippen LogP contribution >= 0.6 is 0 Å². The lowest BCUT2D eigenvalue weighted by atomic mass is 10.4. The summed E-state index contributed by atoms with van der Waals surface area (Å²) in [7, 11) is 0. The lowest BCUT2D eigenvalue weighted by Gasteiger charge is -1.86. The molecule has 0 aliphatic rings. The van der Waals surface area contributed by atoms with Crippen LogP contribution in [0.5, 0.6) is 0 Å². The lowest BCUT2D eigenvalue weighted by Crippen LogP contribution is -1.90. The second kappa shape index (κ2) is 3.38. The standard InChI is InChI=1S/C5H7NO/c1-5(7)3-2-4-6/h2-3,5,7H,1H3. The average molecular weight is 97.1 g/mol. The number of aliphatic hydroxyl groups is 1. The summed E-state index contributed by atoms with van der Waals surface area (Å²) in [5.74, 6) is 0. The third-order valence-corrected chi connectivity index (χ3v) is 0.449. The topological polar surface area (TPSA) is 44.0 Å². The highest BCUT2D eigenvalue weighted by atomic mass is 16.3. The predicted octanol–water partition coefficient (Wildman–Crippen LogP) is 0.447. The molecule has 0 aromatic rings. The van der Waals surface area contributed by atoms with E-state index in [0.29, 0.717) is 0 Å². The van der Waals surface area contributed by atoms with Gasteiger partial charge >= 0.3 is 0 Å². The monoisotopic (exact) mass is 97.1 g/mol.